The molecule has 3 aliphatic rings. The van der Waals surface area contributed by atoms with Gasteiger partial charge < -0.3 is 44.1 Å². The molecule has 0 aliphatic carbocycles. The number of ether oxygens (including phenoxy) is 5. The number of nitrogens with zero attached hydrogens (tertiary/aromatic N) is 1. The van der Waals surface area contributed by atoms with Gasteiger partial charge in [-0.15, -0.1) is 0 Å². The van der Waals surface area contributed by atoms with Crippen molar-refractivity contribution < 1.29 is 48.3 Å². The van der Waals surface area contributed by atoms with Crippen molar-refractivity contribution >= 4 is 18.0 Å². The van der Waals surface area contributed by atoms with E-state index in [-0.39, 0.29) is 61.4 Å². The van der Waals surface area contributed by atoms with Crippen LogP contribution >= 0.6 is 0 Å². The Morgan fingerprint density at radius 3 is 2.50 bits per heavy atom. The summed E-state index contributed by atoms with van der Waals surface area (Å²) in [5, 5.41) is 24.8. The van der Waals surface area contributed by atoms with Crippen LogP contribution in [0, 0.1) is 17.8 Å². The van der Waals surface area contributed by atoms with Crippen LogP contribution in [0.1, 0.15) is 74.1 Å². The zero-order valence-electron chi connectivity index (χ0n) is 29.9. The van der Waals surface area contributed by atoms with E-state index in [2.05, 4.69) is 19.2 Å². The van der Waals surface area contributed by atoms with Crippen molar-refractivity contribution in [2.75, 3.05) is 33.3 Å². The van der Waals surface area contributed by atoms with Gasteiger partial charge in [-0.2, -0.15) is 0 Å². The molecular weight excluding hydrogens is 620 g/mol. The number of amides is 1. The Kier molecular flexibility index (Phi) is 15.1. The first-order chi connectivity index (χ1) is 22.7. The molecule has 11 atom stereocenters. The minimum absolute atomic E-state index is 0.0298. The molecule has 3 aliphatic heterocycles. The van der Waals surface area contributed by atoms with Crippen LogP contribution in [0.4, 0.5) is 4.79 Å². The molecule has 0 saturated carbocycles. The van der Waals surface area contributed by atoms with Crippen LogP contribution in [0.3, 0.4) is 0 Å². The number of epoxide rings is 1. The molecule has 1 amide bonds. The van der Waals surface area contributed by atoms with Crippen molar-refractivity contribution in [3.63, 3.8) is 0 Å². The van der Waals surface area contributed by atoms with E-state index < -0.39 is 42.0 Å². The van der Waals surface area contributed by atoms with Crippen LogP contribution in [0.5, 0.6) is 0 Å². The lowest BCUT2D eigenvalue weighted by atomic mass is 9.88. The van der Waals surface area contributed by atoms with E-state index in [1.54, 1.807) is 31.1 Å². The molecule has 0 aromatic carbocycles. The van der Waals surface area contributed by atoms with Crippen molar-refractivity contribution in [1.82, 2.24) is 10.2 Å². The predicted molar refractivity (Wildman–Crippen MR) is 180 cm³/mol. The average Bonchev–Trinajstić information content (AvgIpc) is 3.84. The Labute approximate surface area is 285 Å². The summed E-state index contributed by atoms with van der Waals surface area (Å²) in [6, 6.07) is 0. The van der Waals surface area contributed by atoms with Crippen molar-refractivity contribution in [2.45, 2.75) is 122 Å². The molecule has 2 saturated heterocycles. The number of aliphatic hydroxyl groups is 2. The zero-order chi connectivity index (χ0) is 35.6. The van der Waals surface area contributed by atoms with Crippen molar-refractivity contribution in [1.29, 1.82) is 0 Å². The summed E-state index contributed by atoms with van der Waals surface area (Å²) in [4.78, 5) is 39.5. The molecule has 0 radical (unpaired) electrons. The van der Waals surface area contributed by atoms with E-state index in [9.17, 15) is 24.6 Å². The molecule has 0 bridgehead atoms. The highest BCUT2D eigenvalue weighted by molar-refractivity contribution is 5.70. The van der Waals surface area contributed by atoms with E-state index >= 15 is 0 Å². The number of piperazine rings is 1. The molecule has 0 aromatic heterocycles. The Balaban J connectivity index is 1.82. The van der Waals surface area contributed by atoms with Gasteiger partial charge in [-0.25, -0.2) is 4.79 Å². The van der Waals surface area contributed by atoms with Crippen LogP contribution < -0.4 is 5.32 Å². The summed E-state index contributed by atoms with van der Waals surface area (Å²) in [6.45, 7) is 15.3. The number of methoxy groups -OCH3 is 1. The van der Waals surface area contributed by atoms with Gasteiger partial charge >= 0.3 is 18.0 Å². The number of rotatable bonds is 11. The monoisotopic (exact) mass is 678 g/mol. The second-order valence-electron chi connectivity index (χ2n) is 13.8. The van der Waals surface area contributed by atoms with E-state index in [0.29, 0.717) is 26.2 Å². The van der Waals surface area contributed by atoms with Crippen molar-refractivity contribution in [3.8, 4) is 0 Å². The van der Waals surface area contributed by atoms with Gasteiger partial charge in [0, 0.05) is 58.0 Å². The summed E-state index contributed by atoms with van der Waals surface area (Å²) >= 11 is 0. The van der Waals surface area contributed by atoms with Gasteiger partial charge in [0.2, 0.25) is 0 Å². The fourth-order valence-corrected chi connectivity index (χ4v) is 6.52. The van der Waals surface area contributed by atoms with Gasteiger partial charge in [-0.05, 0) is 44.8 Å². The predicted octanol–water partition coefficient (Wildman–Crippen LogP) is 3.70. The normalized spacial score (nSPS) is 33.8. The highest BCUT2D eigenvalue weighted by Crippen LogP contribution is 2.39. The third-order valence-corrected chi connectivity index (χ3v) is 9.67. The van der Waals surface area contributed by atoms with Crippen molar-refractivity contribution in [3.05, 3.63) is 36.0 Å². The van der Waals surface area contributed by atoms with Gasteiger partial charge in [0.1, 0.15) is 30.0 Å². The van der Waals surface area contributed by atoms with Crippen LogP contribution in [-0.4, -0.2) is 115 Å². The Hall–Kier alpha value is -2.77. The molecule has 3 N–H and O–H groups in total. The minimum Gasteiger partial charge on any atom is -0.457 e. The number of esters is 2. The Bertz CT molecular complexity index is 1160. The van der Waals surface area contributed by atoms with Gasteiger partial charge in [0.25, 0.3) is 0 Å². The maximum atomic E-state index is 13.2. The number of carbonyl (C=O) groups excluding carboxylic acids is 3. The zero-order valence-corrected chi connectivity index (χ0v) is 29.9. The van der Waals surface area contributed by atoms with Gasteiger partial charge in [0.05, 0.1) is 24.7 Å². The lowest BCUT2D eigenvalue weighted by molar-refractivity contribution is -0.157. The molecule has 12 nitrogen and oxygen atoms in total. The molecule has 12 heteroatoms. The smallest absolute Gasteiger partial charge is 0.410 e. The summed E-state index contributed by atoms with van der Waals surface area (Å²) < 4.78 is 29.2. The number of hydrogen-bond acceptors (Lipinski definition) is 11. The maximum Gasteiger partial charge on any atom is 0.410 e. The second kappa shape index (κ2) is 18.3. The summed E-state index contributed by atoms with van der Waals surface area (Å²) in [5.41, 5.74) is -0.708. The first-order valence-corrected chi connectivity index (χ1v) is 17.3. The highest BCUT2D eigenvalue weighted by atomic mass is 16.6. The third-order valence-electron chi connectivity index (χ3n) is 9.67. The number of aliphatic hydroxyl groups excluding tert-OH is 1. The van der Waals surface area contributed by atoms with Crippen LogP contribution in [-0.2, 0) is 33.3 Å². The summed E-state index contributed by atoms with van der Waals surface area (Å²) in [7, 11) is 1.70. The quantitative estimate of drug-likeness (QED) is 0.0963. The van der Waals surface area contributed by atoms with Crippen LogP contribution in [0.15, 0.2) is 36.0 Å². The molecular formula is C36H58N2O10. The number of cyclic esters (lactones) is 1. The Morgan fingerprint density at radius 2 is 1.88 bits per heavy atom. The van der Waals surface area contributed by atoms with E-state index in [1.165, 1.54) is 6.92 Å². The first-order valence-electron chi connectivity index (χ1n) is 17.3. The summed E-state index contributed by atoms with van der Waals surface area (Å²) in [5.74, 6) is -1.53. The fraction of sp³-hybridized carbons (Fsp3) is 0.750. The minimum atomic E-state index is -1.45. The van der Waals surface area contributed by atoms with E-state index in [1.807, 2.05) is 39.0 Å². The first kappa shape index (κ1) is 39.7. The molecule has 11 unspecified atom stereocenters. The number of hydrogen-bond donors (Lipinski definition) is 3. The highest BCUT2D eigenvalue weighted by Gasteiger charge is 2.53. The lowest BCUT2D eigenvalue weighted by Crippen LogP contribution is -2.48. The van der Waals surface area contributed by atoms with Crippen LogP contribution in [0.2, 0.25) is 0 Å². The third kappa shape index (κ3) is 11.4. The summed E-state index contributed by atoms with van der Waals surface area (Å²) in [6.07, 6.45) is 6.01. The molecule has 272 valence electrons. The molecule has 2 fully saturated rings. The van der Waals surface area contributed by atoms with Crippen LogP contribution in [0.25, 0.3) is 0 Å². The van der Waals surface area contributed by atoms with Crippen molar-refractivity contribution in [2.24, 2.45) is 17.8 Å². The number of allylic oxidation sites excluding steroid dienone is 2. The number of carbonyl (C=O) groups is 3. The molecule has 0 spiro atoms. The van der Waals surface area contributed by atoms with Gasteiger partial charge in [-0.1, -0.05) is 52.0 Å². The topological polar surface area (TPSA) is 156 Å². The van der Waals surface area contributed by atoms with E-state index in [0.717, 1.165) is 12.0 Å². The maximum absolute atomic E-state index is 13.2. The lowest BCUT2D eigenvalue weighted by Gasteiger charge is -2.32. The fourth-order valence-electron chi connectivity index (χ4n) is 6.52. The molecule has 48 heavy (non-hydrogen) atoms. The molecule has 3 rings (SSSR count). The largest absolute Gasteiger partial charge is 0.457 e. The standard InChI is InChI=1S/C36H58N2O10/c1-9-28(44-8)25(5)33-34(47-33)32(48-35(42)38-19-17-37-18-20-38)23(3)12-10-11-22(2)31-24(4)13-14-29(45-26(6)39)36(7,43)16-15-27(40)21-30(41)46-31/h10-14,23-25,27-29,31-34,37,40,43H,9,15-21H2,1-8H3/b12-10+,14-13+,22-11+. The van der Waals surface area contributed by atoms with E-state index in [4.69, 9.17) is 23.7 Å². The molecule has 3 heterocycles. The Morgan fingerprint density at radius 1 is 1.19 bits per heavy atom. The molecule has 0 aromatic rings. The number of nitrogens with one attached hydrogen (secondary N) is 1. The average molecular weight is 679 g/mol. The SMILES string of the molecule is CCC(OC)C(C)C1OC1C(OC(=O)N1CCNCC1)C(C)/C=C/C=C(\C)C1OC(=O)CC(O)CCC(C)(O)C(OC(C)=O)/C=C/C1C. The van der Waals surface area contributed by atoms with Gasteiger partial charge in [0.15, 0.2) is 0 Å². The second-order valence-corrected chi connectivity index (χ2v) is 13.8. The van der Waals surface area contributed by atoms with Gasteiger partial charge in [-0.3, -0.25) is 9.59 Å².